The van der Waals surface area contributed by atoms with E-state index in [-0.39, 0.29) is 67.0 Å². The van der Waals surface area contributed by atoms with Crippen molar-refractivity contribution >= 4 is 23.2 Å². The summed E-state index contributed by atoms with van der Waals surface area (Å²) in [5, 5.41) is 30.2. The van der Waals surface area contributed by atoms with Crippen LogP contribution in [0.2, 0.25) is 10.6 Å². The summed E-state index contributed by atoms with van der Waals surface area (Å²) in [5.74, 6) is 0. The van der Waals surface area contributed by atoms with Crippen molar-refractivity contribution in [2.75, 3.05) is 0 Å². The fourth-order valence-corrected chi connectivity index (χ4v) is 0.736. The summed E-state index contributed by atoms with van der Waals surface area (Å²) in [7, 11) is 0. The molecule has 0 radical (unpaired) electrons. The van der Waals surface area contributed by atoms with Crippen LogP contribution in [0.3, 0.4) is 0 Å². The first-order valence-electron chi connectivity index (χ1n) is 2.34. The molecule has 0 fully saturated rings. The smallest absolute Gasteiger partial charge is 1.00 e. The quantitative estimate of drug-likeness (QED) is 0.262. The third kappa shape index (κ3) is 2.31. The van der Waals surface area contributed by atoms with Crippen LogP contribution in [0.1, 0.15) is 1.43 Å². The molecule has 1 aromatic rings. The number of aromatic nitrogens is 3. The van der Waals surface area contributed by atoms with E-state index in [9.17, 15) is 15.6 Å². The number of nitrogens with zero attached hydrogens (tertiary/aromatic N) is 3. The van der Waals surface area contributed by atoms with Crippen LogP contribution >= 0.6 is 23.2 Å². The van der Waals surface area contributed by atoms with Crippen LogP contribution in [0.25, 0.3) is 0 Å². The van der Waals surface area contributed by atoms with Gasteiger partial charge >= 0.3 is 68.3 Å². The second-order valence-corrected chi connectivity index (χ2v) is 2.28. The van der Waals surface area contributed by atoms with E-state index in [0.29, 0.717) is 6.33 Å². The van der Waals surface area contributed by atoms with E-state index in [1.54, 1.807) is 0 Å². The van der Waals surface area contributed by atoms with Gasteiger partial charge in [-0.2, -0.15) is 0 Å². The average Bonchev–Trinajstić information content (AvgIpc) is 1.97. The van der Waals surface area contributed by atoms with Crippen LogP contribution < -0.4 is 65.6 Å². The summed E-state index contributed by atoms with van der Waals surface area (Å²) in [6, 6.07) is 0. The van der Waals surface area contributed by atoms with Crippen LogP contribution in [-0.2, 0) is 0 Å². The minimum absolute atomic E-state index is 0. The topological polar surface area (TPSA) is 80.8 Å². The monoisotopic (exact) mass is 237 g/mol. The van der Waals surface area contributed by atoms with E-state index in [0.717, 1.165) is 0 Å². The summed E-state index contributed by atoms with van der Waals surface area (Å²) >= 11 is 10.2. The first-order chi connectivity index (χ1) is 5.04. The summed E-state index contributed by atoms with van der Waals surface area (Å²) in [6.07, 6.45) is 0.499. The number of halogens is 2. The molecule has 62 valence electrons. The summed E-state index contributed by atoms with van der Waals surface area (Å²) in [6.45, 7) is 0. The fraction of sp³-hybridized carbons (Fsp3) is 0. The van der Waals surface area contributed by atoms with Gasteiger partial charge in [0.1, 0.15) is 0 Å². The predicted molar refractivity (Wildman–Crippen MR) is 34.5 cm³/mol. The minimum atomic E-state index is -0.720. The molecule has 9 heteroatoms. The fourth-order valence-electron chi connectivity index (χ4n) is 0.446. The molecule has 0 spiro atoms. The third-order valence-corrected chi connectivity index (χ3v) is 1.55. The van der Waals surface area contributed by atoms with Crippen LogP contribution in [-0.4, -0.2) is 0 Å². The molecular weight excluding hydrogens is 236 g/mol. The van der Waals surface area contributed by atoms with Gasteiger partial charge in [0.25, 0.3) is 0 Å². The van der Waals surface area contributed by atoms with Gasteiger partial charge in [-0.05, 0) is 14.2 Å². The molecule has 0 aromatic carbocycles. The second-order valence-electron chi connectivity index (χ2n) is 1.60. The Bertz CT molecular complexity index is 288. The van der Waals surface area contributed by atoms with Crippen molar-refractivity contribution in [2.24, 2.45) is 0 Å². The molecule has 0 amide bonds. The first kappa shape index (κ1) is 12.6. The summed E-state index contributed by atoms with van der Waals surface area (Å²) in [4.78, 5) is 0. The molecule has 6 nitrogen and oxygen atoms in total. The molecule has 0 aliphatic carbocycles. The van der Waals surface area contributed by atoms with Crippen molar-refractivity contribution < 1.29 is 67.0 Å². The molecule has 12 heavy (non-hydrogen) atoms. The van der Waals surface area contributed by atoms with E-state index in [4.69, 9.17) is 23.2 Å². The Balaban J connectivity index is 0. The molecule has 0 atom stereocenters. The predicted octanol–water partition coefficient (Wildman–Crippen LogP) is -3.99. The Labute approximate surface area is 121 Å². The van der Waals surface area contributed by atoms with E-state index in [2.05, 4.69) is 0 Å². The molecule has 0 bridgehead atoms. The Kier molecular flexibility index (Phi) is 5.00. The maximum absolute atomic E-state index is 10.6. The second kappa shape index (κ2) is 4.75. The van der Waals surface area contributed by atoms with Crippen molar-refractivity contribution in [1.29, 1.82) is 0 Å². The zero-order valence-electron chi connectivity index (χ0n) is 6.90. The van der Waals surface area contributed by atoms with Crippen LogP contribution in [0.5, 0.6) is 0 Å². The van der Waals surface area contributed by atoms with Gasteiger partial charge in [0.2, 0.25) is 0 Å². The third-order valence-electron chi connectivity index (χ3n) is 0.909. The van der Waals surface area contributed by atoms with Crippen molar-refractivity contribution in [3.05, 3.63) is 32.5 Å². The van der Waals surface area contributed by atoms with Crippen molar-refractivity contribution in [3.8, 4) is 0 Å². The Hall–Kier alpha value is 0.626. The average molecular weight is 238 g/mol. The molecule has 0 aliphatic heterocycles. The normalized spacial score (nSPS) is 9.17. The Morgan fingerprint density at radius 3 is 1.75 bits per heavy atom. The maximum atomic E-state index is 10.6. The maximum Gasteiger partial charge on any atom is 1.00 e. The van der Waals surface area contributed by atoms with Crippen molar-refractivity contribution in [2.45, 2.75) is 0 Å². The van der Waals surface area contributed by atoms with Gasteiger partial charge in [-0.3, -0.25) is 0 Å². The van der Waals surface area contributed by atoms with E-state index >= 15 is 0 Å². The molecule has 0 unspecified atom stereocenters. The van der Waals surface area contributed by atoms with Crippen LogP contribution in [0, 0.1) is 15.6 Å². The van der Waals surface area contributed by atoms with Crippen molar-refractivity contribution in [1.82, 2.24) is 0 Å². The van der Waals surface area contributed by atoms with Gasteiger partial charge in [-0.15, -0.1) is 0 Å². The number of hydrogen-bond donors (Lipinski definition) is 0. The molecular formula is C3H2Cl2KN3O3. The molecule has 0 aliphatic rings. The molecule has 0 saturated heterocycles. The first-order valence-corrected chi connectivity index (χ1v) is 3.09. The summed E-state index contributed by atoms with van der Waals surface area (Å²) < 4.78 is -0.357. The summed E-state index contributed by atoms with van der Waals surface area (Å²) in [5.41, 5.74) is 0. The van der Waals surface area contributed by atoms with Crippen molar-refractivity contribution in [3.63, 3.8) is 0 Å². The number of hydrogen-bond acceptors (Lipinski definition) is 3. The van der Waals surface area contributed by atoms with Crippen LogP contribution in [0.4, 0.5) is 0 Å². The van der Waals surface area contributed by atoms with Gasteiger partial charge in [0.05, 0.1) is 23.2 Å². The minimum Gasteiger partial charge on any atom is -1.00 e. The van der Waals surface area contributed by atoms with E-state index in [1.807, 2.05) is 0 Å². The number of rotatable bonds is 0. The molecule has 0 saturated carbocycles. The molecule has 1 aromatic heterocycles. The van der Waals surface area contributed by atoms with E-state index < -0.39 is 10.6 Å². The SMILES string of the molecule is [H-].[K+].[O-][n+]1c[n+]([O-])c(Cl)[n+]([O-])c1Cl. The zero-order valence-corrected chi connectivity index (χ0v) is 10.5. The van der Waals surface area contributed by atoms with Gasteiger partial charge in [0.15, 0.2) is 0 Å². The van der Waals surface area contributed by atoms with E-state index in [1.165, 1.54) is 0 Å². The Morgan fingerprint density at radius 1 is 1.08 bits per heavy atom. The van der Waals surface area contributed by atoms with Crippen LogP contribution in [0.15, 0.2) is 6.33 Å². The molecule has 1 heterocycles. The molecule has 1 rings (SSSR count). The van der Waals surface area contributed by atoms with Gasteiger partial charge < -0.3 is 17.0 Å². The Morgan fingerprint density at radius 2 is 1.42 bits per heavy atom. The zero-order chi connectivity index (χ0) is 8.59. The largest absolute Gasteiger partial charge is 1.00 e. The standard InChI is InChI=1S/C3HCl2N3O3.K.H/c4-2-6(9)1-7(10)3(5)8(2)11;;/h1H;;/q;+1;-1. The molecule has 0 N–H and O–H groups in total. The van der Waals surface area contributed by atoms with Gasteiger partial charge in [-0.1, -0.05) is 0 Å². The van der Waals surface area contributed by atoms with Gasteiger partial charge in [0, 0.05) is 0 Å². The van der Waals surface area contributed by atoms with Gasteiger partial charge in [-0.25, -0.2) is 0 Å².